The summed E-state index contributed by atoms with van der Waals surface area (Å²) >= 11 is 0. The van der Waals surface area contributed by atoms with Gasteiger partial charge in [-0.05, 0) is 6.42 Å². The molecule has 1 aromatic rings. The lowest BCUT2D eigenvalue weighted by Crippen LogP contribution is -2.34. The van der Waals surface area contributed by atoms with Crippen LogP contribution in [0.15, 0.2) is 12.5 Å². The van der Waals surface area contributed by atoms with E-state index in [1.807, 2.05) is 6.92 Å². The molecule has 17 heavy (non-hydrogen) atoms. The van der Waals surface area contributed by atoms with E-state index < -0.39 is 0 Å². The van der Waals surface area contributed by atoms with Gasteiger partial charge in [-0.2, -0.15) is 0 Å². The van der Waals surface area contributed by atoms with Crippen LogP contribution in [0.25, 0.3) is 0 Å². The van der Waals surface area contributed by atoms with Gasteiger partial charge < -0.3 is 15.6 Å². The Morgan fingerprint density at radius 2 is 2.53 bits per heavy atom. The molecule has 92 valence electrons. The fourth-order valence-electron chi connectivity index (χ4n) is 1.45. The molecule has 0 bridgehead atoms. The second-order valence-electron chi connectivity index (χ2n) is 3.77. The predicted octanol–water partition coefficient (Wildman–Crippen LogP) is 0.374. The van der Waals surface area contributed by atoms with E-state index >= 15 is 0 Å². The Morgan fingerprint density at radius 1 is 1.76 bits per heavy atom. The number of carbonyl (C=O) groups is 1. The van der Waals surface area contributed by atoms with Crippen LogP contribution in [0.1, 0.15) is 30.3 Å². The number of imidazole rings is 1. The Bertz CT molecular complexity index is 405. The lowest BCUT2D eigenvalue weighted by atomic mass is 10.1. The Balaban J connectivity index is 2.59. The van der Waals surface area contributed by atoms with Crippen LogP contribution in [0.5, 0.6) is 0 Å². The molecule has 0 radical (unpaired) electrons. The Hall–Kier alpha value is -1.80. The minimum atomic E-state index is -0.192. The third-order valence-corrected chi connectivity index (χ3v) is 2.45. The Labute approximate surface area is 101 Å². The van der Waals surface area contributed by atoms with Crippen LogP contribution < -0.4 is 11.1 Å². The first-order valence-electron chi connectivity index (χ1n) is 5.67. The number of nitrogens with two attached hydrogens (primary N) is 1. The highest BCUT2D eigenvalue weighted by Gasteiger charge is 2.13. The summed E-state index contributed by atoms with van der Waals surface area (Å²) in [7, 11) is 0. The van der Waals surface area contributed by atoms with Gasteiger partial charge in [0, 0.05) is 31.7 Å². The van der Waals surface area contributed by atoms with Crippen LogP contribution in [-0.2, 0) is 6.54 Å². The molecule has 1 rings (SSSR count). The lowest BCUT2D eigenvalue weighted by Gasteiger charge is -2.12. The number of amides is 1. The summed E-state index contributed by atoms with van der Waals surface area (Å²) in [5.41, 5.74) is 5.81. The van der Waals surface area contributed by atoms with E-state index in [0.717, 1.165) is 6.42 Å². The molecule has 3 N–H and O–H groups in total. The number of terminal acetylenes is 1. The summed E-state index contributed by atoms with van der Waals surface area (Å²) < 4.78 is 1.79. The number of nitrogens with zero attached hydrogens (tertiary/aromatic N) is 2. The third-order valence-electron chi connectivity index (χ3n) is 2.45. The minimum absolute atomic E-state index is 0.00663. The molecule has 0 spiro atoms. The van der Waals surface area contributed by atoms with Gasteiger partial charge in [0.2, 0.25) is 0 Å². The first kappa shape index (κ1) is 13.3. The van der Waals surface area contributed by atoms with E-state index in [9.17, 15) is 4.79 Å². The molecule has 0 aromatic carbocycles. The fourth-order valence-corrected chi connectivity index (χ4v) is 1.45. The van der Waals surface area contributed by atoms with Crippen molar-refractivity contribution in [1.29, 1.82) is 0 Å². The molecule has 0 saturated heterocycles. The standard InChI is InChI=1S/C12H18N4O/c1-3-5-10(4-2)15-12(17)11-8-16(7-6-13)9-14-11/h1,8-10H,4-7,13H2,2H3,(H,15,17). The predicted molar refractivity (Wildman–Crippen MR) is 66.3 cm³/mol. The summed E-state index contributed by atoms with van der Waals surface area (Å²) in [4.78, 5) is 15.8. The van der Waals surface area contributed by atoms with Crippen molar-refractivity contribution in [2.45, 2.75) is 32.4 Å². The first-order chi connectivity index (χ1) is 8.21. The highest BCUT2D eigenvalue weighted by molar-refractivity contribution is 5.92. The smallest absolute Gasteiger partial charge is 0.271 e. The van der Waals surface area contributed by atoms with Gasteiger partial charge in [-0.15, -0.1) is 12.3 Å². The highest BCUT2D eigenvalue weighted by atomic mass is 16.1. The van der Waals surface area contributed by atoms with E-state index in [0.29, 0.717) is 25.2 Å². The van der Waals surface area contributed by atoms with Gasteiger partial charge in [-0.1, -0.05) is 6.92 Å². The van der Waals surface area contributed by atoms with Crippen LogP contribution in [0.2, 0.25) is 0 Å². The molecule has 1 unspecified atom stereocenters. The quantitative estimate of drug-likeness (QED) is 0.699. The zero-order chi connectivity index (χ0) is 12.7. The Kier molecular flexibility index (Phi) is 5.24. The van der Waals surface area contributed by atoms with Crippen molar-refractivity contribution >= 4 is 5.91 Å². The second-order valence-corrected chi connectivity index (χ2v) is 3.77. The topological polar surface area (TPSA) is 72.9 Å². The van der Waals surface area contributed by atoms with E-state index in [-0.39, 0.29) is 11.9 Å². The van der Waals surface area contributed by atoms with Crippen molar-refractivity contribution in [3.05, 3.63) is 18.2 Å². The van der Waals surface area contributed by atoms with Crippen molar-refractivity contribution in [2.75, 3.05) is 6.54 Å². The number of rotatable bonds is 6. The average Bonchev–Trinajstić information content (AvgIpc) is 2.77. The van der Waals surface area contributed by atoms with Gasteiger partial charge in [0.25, 0.3) is 5.91 Å². The third kappa shape index (κ3) is 3.93. The first-order valence-corrected chi connectivity index (χ1v) is 5.67. The van der Waals surface area contributed by atoms with Gasteiger partial charge in [-0.3, -0.25) is 4.79 Å². The summed E-state index contributed by atoms with van der Waals surface area (Å²) in [6.07, 6.45) is 9.85. The maximum Gasteiger partial charge on any atom is 0.271 e. The zero-order valence-electron chi connectivity index (χ0n) is 10.0. The molecular formula is C12H18N4O. The molecule has 0 aliphatic heterocycles. The molecular weight excluding hydrogens is 216 g/mol. The van der Waals surface area contributed by atoms with Crippen LogP contribution in [0.4, 0.5) is 0 Å². The SMILES string of the molecule is C#CCC(CC)NC(=O)c1cn(CCN)cn1. The van der Waals surface area contributed by atoms with Gasteiger partial charge in [0.15, 0.2) is 0 Å². The highest BCUT2D eigenvalue weighted by Crippen LogP contribution is 2.00. The molecule has 0 aliphatic rings. The van der Waals surface area contributed by atoms with Crippen LogP contribution in [0, 0.1) is 12.3 Å². The van der Waals surface area contributed by atoms with Gasteiger partial charge in [0.1, 0.15) is 5.69 Å². The number of carbonyl (C=O) groups excluding carboxylic acids is 1. The summed E-state index contributed by atoms with van der Waals surface area (Å²) in [6.45, 7) is 3.16. The summed E-state index contributed by atoms with van der Waals surface area (Å²) in [5.74, 6) is 2.35. The van der Waals surface area contributed by atoms with Crippen LogP contribution >= 0.6 is 0 Å². The van der Waals surface area contributed by atoms with Gasteiger partial charge in [-0.25, -0.2) is 4.98 Å². The molecule has 1 atom stereocenters. The molecule has 1 heterocycles. The molecule has 0 aliphatic carbocycles. The Morgan fingerprint density at radius 3 is 3.12 bits per heavy atom. The summed E-state index contributed by atoms with van der Waals surface area (Å²) in [6, 6.07) is 0.00663. The number of aromatic nitrogens is 2. The van der Waals surface area contributed by atoms with Crippen molar-refractivity contribution < 1.29 is 4.79 Å². The molecule has 1 amide bonds. The number of nitrogens with one attached hydrogen (secondary N) is 1. The van der Waals surface area contributed by atoms with Gasteiger partial charge in [0.05, 0.1) is 6.33 Å². The van der Waals surface area contributed by atoms with E-state index in [4.69, 9.17) is 12.2 Å². The maximum absolute atomic E-state index is 11.8. The van der Waals surface area contributed by atoms with Crippen molar-refractivity contribution in [3.63, 3.8) is 0 Å². The lowest BCUT2D eigenvalue weighted by molar-refractivity contribution is 0.0932. The largest absolute Gasteiger partial charge is 0.347 e. The molecule has 0 fully saturated rings. The maximum atomic E-state index is 11.8. The van der Waals surface area contributed by atoms with Crippen molar-refractivity contribution in [1.82, 2.24) is 14.9 Å². The molecule has 0 saturated carbocycles. The average molecular weight is 234 g/mol. The van der Waals surface area contributed by atoms with Crippen molar-refractivity contribution in [2.24, 2.45) is 5.73 Å². The summed E-state index contributed by atoms with van der Waals surface area (Å²) in [5, 5.41) is 2.85. The zero-order valence-corrected chi connectivity index (χ0v) is 10.0. The normalized spacial score (nSPS) is 11.8. The van der Waals surface area contributed by atoms with Crippen molar-refractivity contribution in [3.8, 4) is 12.3 Å². The molecule has 1 aromatic heterocycles. The second kappa shape index (κ2) is 6.71. The van der Waals surface area contributed by atoms with E-state index in [2.05, 4.69) is 16.2 Å². The monoisotopic (exact) mass is 234 g/mol. The van der Waals surface area contributed by atoms with Gasteiger partial charge >= 0.3 is 0 Å². The minimum Gasteiger partial charge on any atom is -0.347 e. The van der Waals surface area contributed by atoms with Crippen LogP contribution in [-0.4, -0.2) is 28.0 Å². The molecule has 5 heteroatoms. The van der Waals surface area contributed by atoms with E-state index in [1.165, 1.54) is 0 Å². The van der Waals surface area contributed by atoms with Crippen LogP contribution in [0.3, 0.4) is 0 Å². The molecule has 5 nitrogen and oxygen atoms in total. The number of hydrogen-bond donors (Lipinski definition) is 2. The number of hydrogen-bond acceptors (Lipinski definition) is 3. The van der Waals surface area contributed by atoms with E-state index in [1.54, 1.807) is 17.1 Å². The fraction of sp³-hybridized carbons (Fsp3) is 0.500.